The summed E-state index contributed by atoms with van der Waals surface area (Å²) in [6.07, 6.45) is 2.49. The van der Waals surface area contributed by atoms with Crippen LogP contribution in [-0.4, -0.2) is 36.3 Å². The monoisotopic (exact) mass is 211 g/mol. The Morgan fingerprint density at radius 3 is 2.33 bits per heavy atom. The Balaban J connectivity index is 4.12. The molecule has 0 rings (SSSR count). The van der Waals surface area contributed by atoms with Crippen LogP contribution in [0.15, 0.2) is 11.7 Å². The van der Waals surface area contributed by atoms with Crippen molar-refractivity contribution in [2.24, 2.45) is 5.73 Å². The third kappa shape index (κ3) is 4.49. The van der Waals surface area contributed by atoms with Crippen molar-refractivity contribution in [3.63, 3.8) is 0 Å². The van der Waals surface area contributed by atoms with Crippen LogP contribution in [0.25, 0.3) is 0 Å². The second kappa shape index (κ2) is 5.33. The first-order valence-electron chi connectivity index (χ1n) is 4.86. The maximum Gasteiger partial charge on any atom is 0.189 e. The van der Waals surface area contributed by atoms with Crippen molar-refractivity contribution in [2.75, 3.05) is 6.51 Å². The van der Waals surface area contributed by atoms with E-state index in [2.05, 4.69) is 0 Å². The number of nitrogens with one attached hydrogen (secondary N) is 1. The van der Waals surface area contributed by atoms with Crippen LogP contribution in [0.3, 0.4) is 0 Å². The molecular weight excluding hydrogens is 191 g/mol. The van der Waals surface area contributed by atoms with Gasteiger partial charge in [0.1, 0.15) is 0 Å². The van der Waals surface area contributed by atoms with Crippen LogP contribution in [0.4, 0.5) is 0 Å². The molecule has 0 aliphatic heterocycles. The largest absolute Gasteiger partial charge is 0.405 e. The lowest BCUT2D eigenvalue weighted by atomic mass is 9.71. The zero-order chi connectivity index (χ0) is 12.1. The quantitative estimate of drug-likeness (QED) is 0.446. The van der Waals surface area contributed by atoms with Crippen molar-refractivity contribution in [1.82, 2.24) is 0 Å². The van der Waals surface area contributed by atoms with E-state index in [1.165, 1.54) is 6.20 Å². The van der Waals surface area contributed by atoms with Gasteiger partial charge in [-0.05, 0) is 33.9 Å². The highest BCUT2D eigenvalue weighted by Crippen LogP contribution is 2.24. The molecule has 0 aromatic heterocycles. The van der Waals surface area contributed by atoms with Crippen LogP contribution >= 0.6 is 0 Å². The highest BCUT2D eigenvalue weighted by atomic mass is 16.5. The Morgan fingerprint density at radius 1 is 1.47 bits per heavy atom. The highest BCUT2D eigenvalue weighted by molar-refractivity contribution is 6.51. The van der Waals surface area contributed by atoms with Crippen LogP contribution in [0, 0.1) is 5.41 Å². The molecule has 1 radical (unpaired) electrons. The molecule has 0 spiro atoms. The van der Waals surface area contributed by atoms with Crippen molar-refractivity contribution in [1.29, 1.82) is 5.41 Å². The van der Waals surface area contributed by atoms with Gasteiger partial charge in [-0.2, -0.15) is 0 Å². The Hall–Kier alpha value is -0.805. The van der Waals surface area contributed by atoms with Gasteiger partial charge in [0.2, 0.25) is 0 Å². The van der Waals surface area contributed by atoms with Crippen LogP contribution in [0.1, 0.15) is 27.7 Å². The van der Waals surface area contributed by atoms with E-state index in [1.807, 2.05) is 13.8 Å². The summed E-state index contributed by atoms with van der Waals surface area (Å²) in [6.45, 7) is 7.34. The highest BCUT2D eigenvalue weighted by Gasteiger charge is 2.35. The maximum atomic E-state index is 9.80. The number of hydrogen-bond donors (Lipinski definition) is 3. The zero-order valence-corrected chi connectivity index (χ0v) is 9.87. The molecule has 85 valence electrons. The van der Waals surface area contributed by atoms with E-state index in [1.54, 1.807) is 21.1 Å². The second-order valence-corrected chi connectivity index (χ2v) is 4.40. The fourth-order valence-corrected chi connectivity index (χ4v) is 0.698. The van der Waals surface area contributed by atoms with Gasteiger partial charge in [-0.25, -0.2) is 0 Å². The average molecular weight is 211 g/mol. The third-order valence-electron chi connectivity index (χ3n) is 2.60. The molecule has 0 fully saturated rings. The predicted octanol–water partition coefficient (Wildman–Crippen LogP) is 0.664. The molecule has 0 unspecified atom stereocenters. The molecule has 0 aromatic rings. The van der Waals surface area contributed by atoms with E-state index < -0.39 is 11.2 Å². The lowest BCUT2D eigenvalue weighted by Gasteiger charge is -2.37. The summed E-state index contributed by atoms with van der Waals surface area (Å²) in [5.41, 5.74) is 4.30. The molecule has 0 saturated heterocycles. The Kier molecular flexibility index (Phi) is 5.04. The molecule has 4 N–H and O–H groups in total. The number of hydrogen-bond acceptors (Lipinski definition) is 4. The zero-order valence-electron chi connectivity index (χ0n) is 9.87. The number of allylic oxidation sites excluding steroid dienone is 1. The fourth-order valence-electron chi connectivity index (χ4n) is 0.698. The normalized spacial score (nSPS) is 13.8. The third-order valence-corrected chi connectivity index (χ3v) is 2.60. The van der Waals surface area contributed by atoms with Crippen LogP contribution in [0.5, 0.6) is 0 Å². The van der Waals surface area contributed by atoms with E-state index in [0.717, 1.165) is 6.21 Å². The molecule has 0 aromatic carbocycles. The summed E-state index contributed by atoms with van der Waals surface area (Å²) >= 11 is 0. The summed E-state index contributed by atoms with van der Waals surface area (Å²) in [5.74, 6) is 0. The maximum absolute atomic E-state index is 9.80. The van der Waals surface area contributed by atoms with Crippen molar-refractivity contribution >= 4 is 13.5 Å². The SMILES string of the molecule is CC(C)(O)C(C)(C)OC[B]/C(C=N)=C/N. The molecule has 0 aliphatic carbocycles. The molecule has 0 amide bonds. The van der Waals surface area contributed by atoms with E-state index in [9.17, 15) is 5.11 Å². The first kappa shape index (κ1) is 14.2. The van der Waals surface area contributed by atoms with Crippen molar-refractivity contribution in [2.45, 2.75) is 38.9 Å². The molecule has 4 nitrogen and oxygen atoms in total. The molecule has 15 heavy (non-hydrogen) atoms. The van der Waals surface area contributed by atoms with Gasteiger partial charge in [-0.3, -0.25) is 0 Å². The number of nitrogens with two attached hydrogens (primary N) is 1. The van der Waals surface area contributed by atoms with Crippen LogP contribution < -0.4 is 5.73 Å². The minimum absolute atomic E-state index is 0.315. The minimum Gasteiger partial charge on any atom is -0.405 e. The standard InChI is InChI=1S/C10H20BN2O2/c1-9(2,14)10(3,4)15-7-11-8(5-12)6-13/h5-6,12,14H,7,13H2,1-4H3/b8-6+,12-5?. The molecule has 5 heteroatoms. The molecule has 0 aliphatic rings. The van der Waals surface area contributed by atoms with Gasteiger partial charge >= 0.3 is 0 Å². The van der Waals surface area contributed by atoms with Crippen LogP contribution in [-0.2, 0) is 4.74 Å². The molecule has 0 bridgehead atoms. The van der Waals surface area contributed by atoms with Crippen molar-refractivity contribution in [3.8, 4) is 0 Å². The lowest BCUT2D eigenvalue weighted by molar-refractivity contribution is -0.135. The Labute approximate surface area is 92.3 Å². The first-order valence-corrected chi connectivity index (χ1v) is 4.86. The van der Waals surface area contributed by atoms with Gasteiger partial charge in [-0.1, -0.05) is 5.47 Å². The fraction of sp³-hybridized carbons (Fsp3) is 0.700. The second-order valence-electron chi connectivity index (χ2n) is 4.40. The molecule has 0 atom stereocenters. The van der Waals surface area contributed by atoms with E-state index in [-0.39, 0.29) is 0 Å². The molecular formula is C10H20BN2O2. The summed E-state index contributed by atoms with van der Waals surface area (Å²) < 4.78 is 5.52. The number of aliphatic hydroxyl groups is 1. The topological polar surface area (TPSA) is 79.3 Å². The summed E-state index contributed by atoms with van der Waals surface area (Å²) in [4.78, 5) is 0. The lowest BCUT2D eigenvalue weighted by Crippen LogP contribution is -2.48. The summed E-state index contributed by atoms with van der Waals surface area (Å²) in [7, 11) is 1.69. The van der Waals surface area contributed by atoms with Gasteiger partial charge in [0.25, 0.3) is 0 Å². The summed E-state index contributed by atoms with van der Waals surface area (Å²) in [5, 5.41) is 16.8. The molecule has 0 heterocycles. The van der Waals surface area contributed by atoms with Gasteiger partial charge in [-0.15, -0.1) is 0 Å². The summed E-state index contributed by atoms with van der Waals surface area (Å²) in [6, 6.07) is 0. The number of rotatable bonds is 6. The predicted molar refractivity (Wildman–Crippen MR) is 63.1 cm³/mol. The smallest absolute Gasteiger partial charge is 0.189 e. The first-order chi connectivity index (χ1) is 6.74. The number of ether oxygens (including phenoxy) is 1. The Bertz CT molecular complexity index is 244. The minimum atomic E-state index is -0.919. The van der Waals surface area contributed by atoms with Crippen LogP contribution in [0.2, 0.25) is 0 Å². The van der Waals surface area contributed by atoms with Gasteiger partial charge < -0.3 is 21.0 Å². The Morgan fingerprint density at radius 2 is 2.00 bits per heavy atom. The van der Waals surface area contributed by atoms with E-state index in [4.69, 9.17) is 15.9 Å². The van der Waals surface area contributed by atoms with Crippen molar-refractivity contribution < 1.29 is 9.84 Å². The van der Waals surface area contributed by atoms with Gasteiger partial charge in [0, 0.05) is 12.7 Å². The van der Waals surface area contributed by atoms with Gasteiger partial charge in [0.05, 0.1) is 11.2 Å². The van der Waals surface area contributed by atoms with E-state index >= 15 is 0 Å². The van der Waals surface area contributed by atoms with E-state index in [0.29, 0.717) is 12.0 Å². The van der Waals surface area contributed by atoms with Crippen molar-refractivity contribution in [3.05, 3.63) is 11.7 Å². The molecule has 0 saturated carbocycles. The van der Waals surface area contributed by atoms with Gasteiger partial charge in [0.15, 0.2) is 7.28 Å². The average Bonchev–Trinajstić information content (AvgIpc) is 2.10.